The van der Waals surface area contributed by atoms with Crippen LogP contribution in [0.1, 0.15) is 23.2 Å². The van der Waals surface area contributed by atoms with Gasteiger partial charge in [0.1, 0.15) is 5.03 Å². The molecule has 21 heavy (non-hydrogen) atoms. The molecule has 0 saturated heterocycles. The number of rotatable bonds is 6. The summed E-state index contributed by atoms with van der Waals surface area (Å²) in [7, 11) is 1.46. The SMILES string of the molecule is CN(CC(=O)NC1CC1)C(=O)c1cccnc1SC(F)F. The van der Waals surface area contributed by atoms with Crippen molar-refractivity contribution < 1.29 is 18.4 Å². The van der Waals surface area contributed by atoms with Crippen LogP contribution in [0.5, 0.6) is 0 Å². The topological polar surface area (TPSA) is 62.3 Å². The molecule has 0 unspecified atom stereocenters. The Morgan fingerprint density at radius 3 is 2.86 bits per heavy atom. The molecule has 2 amide bonds. The van der Waals surface area contributed by atoms with Gasteiger partial charge in [0, 0.05) is 19.3 Å². The number of amides is 2. The van der Waals surface area contributed by atoms with Crippen LogP contribution < -0.4 is 5.32 Å². The van der Waals surface area contributed by atoms with E-state index in [1.165, 1.54) is 30.3 Å². The summed E-state index contributed by atoms with van der Waals surface area (Å²) >= 11 is 0.218. The first-order chi connectivity index (χ1) is 9.97. The van der Waals surface area contributed by atoms with E-state index in [2.05, 4.69) is 10.3 Å². The number of likely N-dealkylation sites (N-methyl/N-ethyl adjacent to an activating group) is 1. The van der Waals surface area contributed by atoms with Crippen molar-refractivity contribution in [1.82, 2.24) is 15.2 Å². The smallest absolute Gasteiger partial charge is 0.290 e. The summed E-state index contributed by atoms with van der Waals surface area (Å²) in [5.74, 6) is -3.41. The zero-order chi connectivity index (χ0) is 15.4. The van der Waals surface area contributed by atoms with Gasteiger partial charge in [-0.1, -0.05) is 0 Å². The van der Waals surface area contributed by atoms with E-state index in [0.29, 0.717) is 0 Å². The minimum atomic E-state index is -2.66. The molecule has 0 spiro atoms. The second-order valence-electron chi connectivity index (χ2n) is 4.74. The Hall–Kier alpha value is -1.70. The molecule has 0 bridgehead atoms. The van der Waals surface area contributed by atoms with E-state index in [-0.39, 0.29) is 40.8 Å². The van der Waals surface area contributed by atoms with E-state index >= 15 is 0 Å². The second kappa shape index (κ2) is 6.84. The average molecular weight is 315 g/mol. The molecule has 1 aliphatic carbocycles. The van der Waals surface area contributed by atoms with Crippen LogP contribution in [0.3, 0.4) is 0 Å². The Labute approximate surface area is 125 Å². The molecule has 0 aliphatic heterocycles. The highest BCUT2D eigenvalue weighted by Crippen LogP contribution is 2.26. The predicted octanol–water partition coefficient (Wildman–Crippen LogP) is 1.75. The first-order valence-electron chi connectivity index (χ1n) is 6.42. The zero-order valence-electron chi connectivity index (χ0n) is 11.4. The van der Waals surface area contributed by atoms with E-state index in [1.54, 1.807) is 0 Å². The Morgan fingerprint density at radius 2 is 2.24 bits per heavy atom. The van der Waals surface area contributed by atoms with E-state index in [0.717, 1.165) is 12.8 Å². The van der Waals surface area contributed by atoms with Crippen molar-refractivity contribution in [3.63, 3.8) is 0 Å². The third-order valence-electron chi connectivity index (χ3n) is 2.87. The Kier molecular flexibility index (Phi) is 5.11. The summed E-state index contributed by atoms with van der Waals surface area (Å²) in [5, 5.41) is 2.73. The molecule has 114 valence electrons. The number of aromatic nitrogens is 1. The molecule has 1 fully saturated rings. The number of halogens is 2. The lowest BCUT2D eigenvalue weighted by atomic mass is 10.2. The first kappa shape index (κ1) is 15.7. The number of pyridine rings is 1. The third-order valence-corrected chi connectivity index (χ3v) is 3.60. The van der Waals surface area contributed by atoms with Crippen molar-refractivity contribution >= 4 is 23.6 Å². The fraction of sp³-hybridized carbons (Fsp3) is 0.462. The molecule has 1 saturated carbocycles. The molecular weight excluding hydrogens is 300 g/mol. The normalized spacial score (nSPS) is 14.1. The van der Waals surface area contributed by atoms with Crippen molar-refractivity contribution in [2.75, 3.05) is 13.6 Å². The number of alkyl halides is 2. The van der Waals surface area contributed by atoms with E-state index in [4.69, 9.17) is 0 Å². The molecule has 1 heterocycles. The molecule has 1 aliphatic rings. The van der Waals surface area contributed by atoms with E-state index in [1.807, 2.05) is 0 Å². The monoisotopic (exact) mass is 315 g/mol. The van der Waals surface area contributed by atoms with Gasteiger partial charge in [-0.25, -0.2) is 4.98 Å². The quantitative estimate of drug-likeness (QED) is 0.812. The minimum absolute atomic E-state index is 0.0352. The van der Waals surface area contributed by atoms with Crippen LogP contribution in [-0.2, 0) is 4.79 Å². The largest absolute Gasteiger partial charge is 0.352 e. The zero-order valence-corrected chi connectivity index (χ0v) is 12.2. The van der Waals surface area contributed by atoms with Crippen molar-refractivity contribution in [1.29, 1.82) is 0 Å². The number of carbonyl (C=O) groups is 2. The van der Waals surface area contributed by atoms with Gasteiger partial charge in [0.05, 0.1) is 12.1 Å². The van der Waals surface area contributed by atoms with Gasteiger partial charge in [-0.15, -0.1) is 0 Å². The summed E-state index contributed by atoms with van der Waals surface area (Å²) in [5.41, 5.74) is 0.0736. The lowest BCUT2D eigenvalue weighted by Gasteiger charge is -2.18. The van der Waals surface area contributed by atoms with Gasteiger partial charge in [0.2, 0.25) is 5.91 Å². The van der Waals surface area contributed by atoms with Crippen LogP contribution in [0, 0.1) is 0 Å². The van der Waals surface area contributed by atoms with Crippen LogP contribution in [0.4, 0.5) is 8.78 Å². The van der Waals surface area contributed by atoms with Crippen LogP contribution >= 0.6 is 11.8 Å². The minimum Gasteiger partial charge on any atom is -0.352 e. The number of hydrogen-bond acceptors (Lipinski definition) is 4. The van der Waals surface area contributed by atoms with Gasteiger partial charge >= 0.3 is 0 Å². The van der Waals surface area contributed by atoms with Crippen molar-refractivity contribution in [3.8, 4) is 0 Å². The average Bonchev–Trinajstić information content (AvgIpc) is 3.21. The standard InChI is InChI=1S/C13H15F2N3O2S/c1-18(7-10(19)17-8-4-5-8)12(20)9-3-2-6-16-11(9)21-13(14)15/h2-3,6,8,13H,4-5,7H2,1H3,(H,17,19). The maximum absolute atomic E-state index is 12.5. The lowest BCUT2D eigenvalue weighted by Crippen LogP contribution is -2.39. The molecule has 1 N–H and O–H groups in total. The number of hydrogen-bond donors (Lipinski definition) is 1. The van der Waals surface area contributed by atoms with Gasteiger partial charge in [0.15, 0.2) is 0 Å². The van der Waals surface area contributed by atoms with E-state index in [9.17, 15) is 18.4 Å². The third kappa shape index (κ3) is 4.66. The van der Waals surface area contributed by atoms with Gasteiger partial charge in [0.25, 0.3) is 11.7 Å². The van der Waals surface area contributed by atoms with Crippen LogP contribution in [0.15, 0.2) is 23.4 Å². The predicted molar refractivity (Wildman–Crippen MR) is 74.2 cm³/mol. The Balaban J connectivity index is 2.02. The second-order valence-corrected chi connectivity index (χ2v) is 5.72. The Bertz CT molecular complexity index is 538. The fourth-order valence-electron chi connectivity index (χ4n) is 1.73. The Morgan fingerprint density at radius 1 is 1.52 bits per heavy atom. The molecule has 0 aromatic carbocycles. The summed E-state index contributed by atoms with van der Waals surface area (Å²) in [4.78, 5) is 28.9. The molecule has 8 heteroatoms. The van der Waals surface area contributed by atoms with Crippen LogP contribution in [0.2, 0.25) is 0 Å². The maximum Gasteiger partial charge on any atom is 0.290 e. The molecule has 2 rings (SSSR count). The lowest BCUT2D eigenvalue weighted by molar-refractivity contribution is -0.121. The molecule has 0 radical (unpaired) electrons. The van der Waals surface area contributed by atoms with Crippen molar-refractivity contribution in [2.45, 2.75) is 29.7 Å². The number of nitrogens with one attached hydrogen (secondary N) is 1. The molecule has 1 aromatic rings. The van der Waals surface area contributed by atoms with Crippen LogP contribution in [-0.4, -0.2) is 47.1 Å². The summed E-state index contributed by atoms with van der Waals surface area (Å²) in [6.45, 7) is -0.108. The number of nitrogens with zero attached hydrogens (tertiary/aromatic N) is 2. The number of thioether (sulfide) groups is 1. The summed E-state index contributed by atoms with van der Waals surface area (Å²) in [6.07, 6.45) is 3.27. The number of carbonyl (C=O) groups excluding carboxylic acids is 2. The van der Waals surface area contributed by atoms with Gasteiger partial charge in [-0.3, -0.25) is 9.59 Å². The van der Waals surface area contributed by atoms with E-state index < -0.39 is 11.7 Å². The first-order valence-corrected chi connectivity index (χ1v) is 7.30. The highest BCUT2D eigenvalue weighted by Gasteiger charge is 2.25. The van der Waals surface area contributed by atoms with Gasteiger partial charge in [-0.2, -0.15) is 8.78 Å². The highest BCUT2D eigenvalue weighted by atomic mass is 32.2. The van der Waals surface area contributed by atoms with Gasteiger partial charge in [-0.05, 0) is 36.7 Å². The molecule has 1 aromatic heterocycles. The van der Waals surface area contributed by atoms with Crippen molar-refractivity contribution in [3.05, 3.63) is 23.9 Å². The molecule has 0 atom stereocenters. The van der Waals surface area contributed by atoms with Crippen LogP contribution in [0.25, 0.3) is 0 Å². The van der Waals surface area contributed by atoms with Crippen molar-refractivity contribution in [2.24, 2.45) is 0 Å². The molecule has 5 nitrogen and oxygen atoms in total. The maximum atomic E-state index is 12.5. The van der Waals surface area contributed by atoms with Gasteiger partial charge < -0.3 is 10.2 Å². The fourth-order valence-corrected chi connectivity index (χ4v) is 2.30. The highest BCUT2D eigenvalue weighted by molar-refractivity contribution is 7.99. The molecular formula is C13H15F2N3O2S. The summed E-state index contributed by atoms with van der Waals surface area (Å²) < 4.78 is 24.9. The summed E-state index contributed by atoms with van der Waals surface area (Å²) in [6, 6.07) is 3.14.